The van der Waals surface area contributed by atoms with Gasteiger partial charge in [-0.1, -0.05) is 23.7 Å². The van der Waals surface area contributed by atoms with Crippen molar-refractivity contribution in [3.63, 3.8) is 0 Å². The Morgan fingerprint density at radius 3 is 2.25 bits per heavy atom. The van der Waals surface area contributed by atoms with Gasteiger partial charge < -0.3 is 19.7 Å². The molecule has 1 atom stereocenters. The lowest BCUT2D eigenvalue weighted by molar-refractivity contribution is 0.0600. The van der Waals surface area contributed by atoms with Crippen LogP contribution in [-0.2, 0) is 11.3 Å². The van der Waals surface area contributed by atoms with Gasteiger partial charge in [-0.2, -0.15) is 0 Å². The van der Waals surface area contributed by atoms with Crippen LogP contribution in [-0.4, -0.2) is 32.7 Å². The van der Waals surface area contributed by atoms with E-state index in [4.69, 9.17) is 21.1 Å². The third-order valence-electron chi connectivity index (χ3n) is 5.64. The van der Waals surface area contributed by atoms with E-state index in [1.54, 1.807) is 0 Å². The molecule has 4 rings (SSSR count). The average Bonchev–Trinajstić information content (AvgIpc) is 3.34. The summed E-state index contributed by atoms with van der Waals surface area (Å²) in [5, 5.41) is 4.14. The van der Waals surface area contributed by atoms with Crippen LogP contribution < -0.4 is 15.0 Å². The topological polar surface area (TPSA) is 50.8 Å². The first kappa shape index (κ1) is 22.2. The zero-order valence-corrected chi connectivity index (χ0v) is 18.8. The quantitative estimate of drug-likeness (QED) is 0.457. The van der Waals surface area contributed by atoms with E-state index < -0.39 is 0 Å². The lowest BCUT2D eigenvalue weighted by atomic mass is 10.1. The third-order valence-corrected chi connectivity index (χ3v) is 5.89. The van der Waals surface area contributed by atoms with E-state index in [1.807, 2.05) is 60.7 Å². The van der Waals surface area contributed by atoms with Gasteiger partial charge in [-0.05, 0) is 91.7 Å². The summed E-state index contributed by atoms with van der Waals surface area (Å²) in [6, 6.07) is 23.1. The predicted molar refractivity (Wildman–Crippen MR) is 128 cm³/mol. The summed E-state index contributed by atoms with van der Waals surface area (Å²) < 4.78 is 10.7. The maximum atomic E-state index is 11.7. The van der Waals surface area contributed by atoms with E-state index >= 15 is 0 Å². The zero-order valence-electron chi connectivity index (χ0n) is 18.1. The van der Waals surface area contributed by atoms with Crippen molar-refractivity contribution < 1.29 is 14.3 Å². The Morgan fingerprint density at radius 2 is 1.66 bits per heavy atom. The Morgan fingerprint density at radius 1 is 1.00 bits per heavy atom. The Kier molecular flexibility index (Phi) is 7.30. The van der Waals surface area contributed by atoms with Crippen molar-refractivity contribution in [1.82, 2.24) is 5.32 Å². The molecule has 0 spiro atoms. The van der Waals surface area contributed by atoms with Gasteiger partial charge in [-0.15, -0.1) is 0 Å². The molecule has 1 aliphatic heterocycles. The standard InChI is InChI=1S/C26H27ClN2O3/c1-31-26(30)21-4-2-19(3-5-21)17-29(18-20-14-15-28-16-20)23-8-12-25(13-9-23)32-24-10-6-22(27)7-11-24/h2-13,20,28H,14-18H2,1H3. The molecule has 1 heterocycles. The minimum atomic E-state index is -0.318. The molecule has 3 aromatic rings. The molecule has 1 fully saturated rings. The van der Waals surface area contributed by atoms with Crippen LogP contribution in [0.5, 0.6) is 11.5 Å². The summed E-state index contributed by atoms with van der Waals surface area (Å²) in [5.41, 5.74) is 2.84. The van der Waals surface area contributed by atoms with Gasteiger partial charge in [0, 0.05) is 23.8 Å². The van der Waals surface area contributed by atoms with E-state index in [0.717, 1.165) is 48.9 Å². The summed E-state index contributed by atoms with van der Waals surface area (Å²) in [6.07, 6.45) is 1.18. The number of anilines is 1. The molecule has 5 nitrogen and oxygen atoms in total. The first-order valence-corrected chi connectivity index (χ1v) is 11.1. The molecule has 32 heavy (non-hydrogen) atoms. The van der Waals surface area contributed by atoms with Gasteiger partial charge >= 0.3 is 5.97 Å². The second kappa shape index (κ2) is 10.5. The number of nitrogens with one attached hydrogen (secondary N) is 1. The number of halogens is 1. The highest BCUT2D eigenvalue weighted by Gasteiger charge is 2.19. The number of hydrogen-bond donors (Lipinski definition) is 1. The molecule has 166 valence electrons. The number of carbonyl (C=O) groups excluding carboxylic acids is 1. The summed E-state index contributed by atoms with van der Waals surface area (Å²) >= 11 is 5.95. The maximum Gasteiger partial charge on any atom is 0.337 e. The number of methoxy groups -OCH3 is 1. The van der Waals surface area contributed by atoms with Crippen molar-refractivity contribution in [3.05, 3.63) is 88.9 Å². The summed E-state index contributed by atoms with van der Waals surface area (Å²) in [6.45, 7) is 3.83. The average molecular weight is 451 g/mol. The number of nitrogens with zero attached hydrogens (tertiary/aromatic N) is 1. The van der Waals surface area contributed by atoms with Crippen LogP contribution >= 0.6 is 11.6 Å². The molecule has 1 unspecified atom stereocenters. The number of carbonyl (C=O) groups is 1. The van der Waals surface area contributed by atoms with E-state index in [-0.39, 0.29) is 5.97 Å². The summed E-state index contributed by atoms with van der Waals surface area (Å²) in [7, 11) is 1.40. The first-order chi connectivity index (χ1) is 15.6. The van der Waals surface area contributed by atoms with E-state index in [2.05, 4.69) is 22.3 Å². The van der Waals surface area contributed by atoms with Gasteiger partial charge in [0.05, 0.1) is 12.7 Å². The van der Waals surface area contributed by atoms with Crippen molar-refractivity contribution in [2.45, 2.75) is 13.0 Å². The highest BCUT2D eigenvalue weighted by molar-refractivity contribution is 6.30. The molecule has 0 radical (unpaired) electrons. The molecule has 0 bridgehead atoms. The predicted octanol–water partition coefficient (Wildman–Crippen LogP) is 5.54. The number of esters is 1. The van der Waals surface area contributed by atoms with Crippen LogP contribution in [0.3, 0.4) is 0 Å². The first-order valence-electron chi connectivity index (χ1n) is 10.8. The molecule has 0 saturated carbocycles. The normalized spacial score (nSPS) is 15.4. The zero-order chi connectivity index (χ0) is 22.3. The van der Waals surface area contributed by atoms with E-state index in [0.29, 0.717) is 16.5 Å². The number of rotatable bonds is 8. The Hall–Kier alpha value is -3.02. The Labute approximate surface area is 193 Å². The number of ether oxygens (including phenoxy) is 2. The third kappa shape index (κ3) is 5.81. The highest BCUT2D eigenvalue weighted by Crippen LogP contribution is 2.27. The summed E-state index contributed by atoms with van der Waals surface area (Å²) in [4.78, 5) is 14.1. The maximum absolute atomic E-state index is 11.7. The van der Waals surface area contributed by atoms with Crippen molar-refractivity contribution in [2.75, 3.05) is 31.6 Å². The van der Waals surface area contributed by atoms with Crippen LogP contribution in [0.25, 0.3) is 0 Å². The van der Waals surface area contributed by atoms with Gasteiger partial charge in [0.25, 0.3) is 0 Å². The van der Waals surface area contributed by atoms with E-state index in [9.17, 15) is 4.79 Å². The minimum absolute atomic E-state index is 0.318. The monoisotopic (exact) mass is 450 g/mol. The van der Waals surface area contributed by atoms with Crippen molar-refractivity contribution in [2.24, 2.45) is 5.92 Å². The highest BCUT2D eigenvalue weighted by atomic mass is 35.5. The molecular formula is C26H27ClN2O3. The van der Waals surface area contributed by atoms with Crippen LogP contribution in [0.2, 0.25) is 5.02 Å². The largest absolute Gasteiger partial charge is 0.465 e. The fraction of sp³-hybridized carbons (Fsp3) is 0.269. The van der Waals surface area contributed by atoms with Crippen molar-refractivity contribution in [1.29, 1.82) is 0 Å². The fourth-order valence-electron chi connectivity index (χ4n) is 3.89. The van der Waals surface area contributed by atoms with Crippen LogP contribution in [0.4, 0.5) is 5.69 Å². The van der Waals surface area contributed by atoms with Gasteiger partial charge in [-0.3, -0.25) is 0 Å². The molecule has 6 heteroatoms. The fourth-order valence-corrected chi connectivity index (χ4v) is 4.02. The lowest BCUT2D eigenvalue weighted by Crippen LogP contribution is -2.30. The minimum Gasteiger partial charge on any atom is -0.465 e. The Bertz CT molecular complexity index is 1010. The number of benzene rings is 3. The van der Waals surface area contributed by atoms with Gasteiger partial charge in [-0.25, -0.2) is 4.79 Å². The van der Waals surface area contributed by atoms with E-state index in [1.165, 1.54) is 13.5 Å². The molecule has 0 aromatic heterocycles. The summed E-state index contributed by atoms with van der Waals surface area (Å²) in [5.74, 6) is 1.82. The molecular weight excluding hydrogens is 424 g/mol. The lowest BCUT2D eigenvalue weighted by Gasteiger charge is -2.28. The molecule has 1 N–H and O–H groups in total. The van der Waals surface area contributed by atoms with Gasteiger partial charge in [0.15, 0.2) is 0 Å². The molecule has 1 saturated heterocycles. The van der Waals surface area contributed by atoms with Crippen LogP contribution in [0.1, 0.15) is 22.3 Å². The molecule has 3 aromatic carbocycles. The smallest absolute Gasteiger partial charge is 0.337 e. The second-order valence-electron chi connectivity index (χ2n) is 7.98. The Balaban J connectivity index is 1.49. The SMILES string of the molecule is COC(=O)c1ccc(CN(CC2CCNC2)c2ccc(Oc3ccc(Cl)cc3)cc2)cc1. The molecule has 1 aliphatic rings. The van der Waals surface area contributed by atoms with Gasteiger partial charge in [0.2, 0.25) is 0 Å². The second-order valence-corrected chi connectivity index (χ2v) is 8.41. The van der Waals surface area contributed by atoms with Crippen molar-refractivity contribution >= 4 is 23.3 Å². The molecule has 0 aliphatic carbocycles. The van der Waals surface area contributed by atoms with Gasteiger partial charge in [0.1, 0.15) is 11.5 Å². The number of hydrogen-bond acceptors (Lipinski definition) is 5. The molecule has 0 amide bonds. The van der Waals surface area contributed by atoms with Crippen LogP contribution in [0.15, 0.2) is 72.8 Å². The van der Waals surface area contributed by atoms with Crippen molar-refractivity contribution in [3.8, 4) is 11.5 Å². The van der Waals surface area contributed by atoms with Crippen LogP contribution in [0, 0.1) is 5.92 Å².